The molecular weight excluding hydrogens is 342 g/mol. The number of phenolic OH excluding ortho intramolecular Hbond substituents is 1. The largest absolute Gasteiger partial charge is 0.507 e. The average molecular weight is 363 g/mol. The summed E-state index contributed by atoms with van der Waals surface area (Å²) in [6, 6.07) is 9.09. The fraction of sp³-hybridized carbons (Fsp3) is 0.350. The Morgan fingerprint density at radius 2 is 2.15 bits per heavy atom. The molecule has 5 rings (SSSR count). The molecule has 2 aromatic heterocycles. The number of nitrogens with zero attached hydrogens (tertiary/aromatic N) is 4. The van der Waals surface area contributed by atoms with E-state index in [1.54, 1.807) is 18.6 Å². The fourth-order valence-corrected chi connectivity index (χ4v) is 4.26. The van der Waals surface area contributed by atoms with Gasteiger partial charge in [-0.1, -0.05) is 0 Å². The predicted octanol–water partition coefficient (Wildman–Crippen LogP) is 2.55. The smallest absolute Gasteiger partial charge is 0.233 e. The van der Waals surface area contributed by atoms with Crippen LogP contribution in [0.4, 0.5) is 0 Å². The fourth-order valence-electron chi connectivity index (χ4n) is 4.26. The average Bonchev–Trinajstić information content (AvgIpc) is 3.38. The maximum absolute atomic E-state index is 10.4. The second-order valence-corrected chi connectivity index (χ2v) is 7.69. The van der Waals surface area contributed by atoms with Crippen LogP contribution in [0, 0.1) is 5.92 Å². The van der Waals surface area contributed by atoms with Gasteiger partial charge in [-0.25, -0.2) is 4.98 Å². The Hall–Kier alpha value is -2.93. The molecule has 0 unspecified atom stereocenters. The van der Waals surface area contributed by atoms with Crippen molar-refractivity contribution in [1.82, 2.24) is 25.1 Å². The van der Waals surface area contributed by atoms with Gasteiger partial charge in [0.2, 0.25) is 5.88 Å². The van der Waals surface area contributed by atoms with E-state index in [0.717, 1.165) is 25.1 Å². The maximum Gasteiger partial charge on any atom is 0.233 e. The molecule has 0 radical (unpaired) electrons. The summed E-state index contributed by atoms with van der Waals surface area (Å²) in [5, 5.41) is 22.4. The van der Waals surface area contributed by atoms with E-state index in [1.807, 2.05) is 35.0 Å². The first kappa shape index (κ1) is 16.3. The number of ether oxygens (including phenoxy) is 1. The number of aromatic hydroxyl groups is 1. The zero-order valence-corrected chi connectivity index (χ0v) is 15.0. The summed E-state index contributed by atoms with van der Waals surface area (Å²) < 4.78 is 7.91. The van der Waals surface area contributed by atoms with Crippen molar-refractivity contribution in [1.29, 1.82) is 0 Å². The third-order valence-electron chi connectivity index (χ3n) is 5.65. The van der Waals surface area contributed by atoms with Crippen LogP contribution >= 0.6 is 0 Å². The lowest BCUT2D eigenvalue weighted by Gasteiger charge is -2.27. The SMILES string of the molecule is C[C@]12C[C@H](CN1)[C@@H](Oc1ccc(-c3ccc(-n4ccnc4)cc3O)nn1)C2. The molecule has 2 aliphatic rings. The standard InChI is InChI=1S/C20H21N5O2/c1-20-9-13(11-22-20)18(10-20)27-19-5-4-16(23-24-19)15-3-2-14(8-17(15)26)25-7-6-21-12-25/h2-8,12-13,18,22,26H,9-11H2,1H3/t13-,18+,20-/m1/s1. The van der Waals surface area contributed by atoms with Crippen molar-refractivity contribution in [3.05, 3.63) is 49.1 Å². The molecule has 3 aromatic rings. The third kappa shape index (κ3) is 2.94. The van der Waals surface area contributed by atoms with E-state index in [2.05, 4.69) is 27.4 Å². The number of piperidine rings is 1. The number of fused-ring (bicyclic) bond motifs is 2. The first-order valence-electron chi connectivity index (χ1n) is 9.17. The number of nitrogens with one attached hydrogen (secondary N) is 1. The van der Waals surface area contributed by atoms with Crippen molar-refractivity contribution in [3.63, 3.8) is 0 Å². The minimum atomic E-state index is 0.149. The highest BCUT2D eigenvalue weighted by atomic mass is 16.5. The minimum Gasteiger partial charge on any atom is -0.507 e. The van der Waals surface area contributed by atoms with Crippen LogP contribution in [0.25, 0.3) is 16.9 Å². The molecule has 2 fully saturated rings. The summed E-state index contributed by atoms with van der Waals surface area (Å²) in [6.45, 7) is 3.26. The summed E-state index contributed by atoms with van der Waals surface area (Å²) >= 11 is 0. The molecular formula is C20H21N5O2. The van der Waals surface area contributed by atoms with Crippen LogP contribution in [0.2, 0.25) is 0 Å². The molecule has 2 N–H and O–H groups in total. The highest BCUT2D eigenvalue weighted by Gasteiger charge is 2.48. The number of phenols is 1. The Balaban J connectivity index is 1.33. The van der Waals surface area contributed by atoms with Gasteiger partial charge in [-0.3, -0.25) is 0 Å². The van der Waals surface area contributed by atoms with Crippen molar-refractivity contribution in [2.24, 2.45) is 5.92 Å². The predicted molar refractivity (Wildman–Crippen MR) is 99.8 cm³/mol. The van der Waals surface area contributed by atoms with Crippen molar-refractivity contribution < 1.29 is 9.84 Å². The van der Waals surface area contributed by atoms with Crippen molar-refractivity contribution in [3.8, 4) is 28.6 Å². The lowest BCUT2D eigenvalue weighted by molar-refractivity contribution is 0.128. The summed E-state index contributed by atoms with van der Waals surface area (Å²) in [4.78, 5) is 4.02. The first-order valence-corrected chi connectivity index (χ1v) is 9.17. The van der Waals surface area contributed by atoms with E-state index < -0.39 is 0 Å². The number of benzene rings is 1. The number of rotatable bonds is 4. The van der Waals surface area contributed by atoms with Crippen LogP contribution in [0.5, 0.6) is 11.6 Å². The molecule has 1 aromatic carbocycles. The molecule has 1 saturated carbocycles. The van der Waals surface area contributed by atoms with Gasteiger partial charge in [0, 0.05) is 54.5 Å². The van der Waals surface area contributed by atoms with Gasteiger partial charge >= 0.3 is 0 Å². The first-order chi connectivity index (χ1) is 13.1. The highest BCUT2D eigenvalue weighted by molar-refractivity contribution is 5.68. The Morgan fingerprint density at radius 3 is 2.78 bits per heavy atom. The van der Waals surface area contributed by atoms with Crippen molar-refractivity contribution >= 4 is 0 Å². The second kappa shape index (κ2) is 6.06. The van der Waals surface area contributed by atoms with Crippen LogP contribution in [-0.2, 0) is 0 Å². The van der Waals surface area contributed by atoms with Gasteiger partial charge in [0.05, 0.1) is 17.7 Å². The van der Waals surface area contributed by atoms with Gasteiger partial charge in [-0.05, 0) is 31.5 Å². The number of imidazole rings is 1. The summed E-state index contributed by atoms with van der Waals surface area (Å²) in [7, 11) is 0. The molecule has 2 bridgehead atoms. The molecule has 7 nitrogen and oxygen atoms in total. The van der Waals surface area contributed by atoms with E-state index in [4.69, 9.17) is 4.74 Å². The Labute approximate surface area is 157 Å². The number of aromatic nitrogens is 4. The summed E-state index contributed by atoms with van der Waals surface area (Å²) in [5.41, 5.74) is 2.28. The molecule has 0 amide bonds. The van der Waals surface area contributed by atoms with Gasteiger partial charge < -0.3 is 19.7 Å². The van der Waals surface area contributed by atoms with Gasteiger partial charge in [0.15, 0.2) is 0 Å². The zero-order chi connectivity index (χ0) is 18.4. The Bertz CT molecular complexity index is 957. The Kier molecular flexibility index (Phi) is 3.65. The van der Waals surface area contributed by atoms with E-state index in [0.29, 0.717) is 23.1 Å². The van der Waals surface area contributed by atoms with Crippen LogP contribution < -0.4 is 10.1 Å². The molecule has 27 heavy (non-hydrogen) atoms. The number of hydrogen-bond acceptors (Lipinski definition) is 6. The van der Waals surface area contributed by atoms with Gasteiger partial charge in [-0.2, -0.15) is 0 Å². The highest BCUT2D eigenvalue weighted by Crippen LogP contribution is 2.41. The van der Waals surface area contributed by atoms with Crippen molar-refractivity contribution in [2.45, 2.75) is 31.4 Å². The second-order valence-electron chi connectivity index (χ2n) is 7.69. The maximum atomic E-state index is 10.4. The lowest BCUT2D eigenvalue weighted by atomic mass is 10.0. The molecule has 1 saturated heterocycles. The minimum absolute atomic E-state index is 0.149. The molecule has 1 aliphatic heterocycles. The molecule has 3 heterocycles. The van der Waals surface area contributed by atoms with Gasteiger partial charge in [-0.15, -0.1) is 10.2 Å². The van der Waals surface area contributed by atoms with E-state index in [-0.39, 0.29) is 17.4 Å². The van der Waals surface area contributed by atoms with Crippen LogP contribution in [0.3, 0.4) is 0 Å². The molecule has 0 spiro atoms. The van der Waals surface area contributed by atoms with Crippen molar-refractivity contribution in [2.75, 3.05) is 6.54 Å². The zero-order valence-electron chi connectivity index (χ0n) is 15.0. The normalized spacial score (nSPS) is 26.4. The molecule has 3 atom stereocenters. The van der Waals surface area contributed by atoms with E-state index in [1.165, 1.54) is 0 Å². The van der Waals surface area contributed by atoms with Gasteiger partial charge in [0.1, 0.15) is 11.9 Å². The third-order valence-corrected chi connectivity index (χ3v) is 5.65. The lowest BCUT2D eigenvalue weighted by Crippen LogP contribution is -2.43. The van der Waals surface area contributed by atoms with Crippen LogP contribution in [0.15, 0.2) is 49.1 Å². The quantitative estimate of drug-likeness (QED) is 0.741. The van der Waals surface area contributed by atoms with E-state index in [9.17, 15) is 5.11 Å². The molecule has 1 aliphatic carbocycles. The summed E-state index contributed by atoms with van der Waals surface area (Å²) in [6.07, 6.45) is 7.55. The van der Waals surface area contributed by atoms with Gasteiger partial charge in [0.25, 0.3) is 0 Å². The monoisotopic (exact) mass is 363 g/mol. The molecule has 138 valence electrons. The Morgan fingerprint density at radius 1 is 1.22 bits per heavy atom. The van der Waals surface area contributed by atoms with Crippen LogP contribution in [0.1, 0.15) is 19.8 Å². The topological polar surface area (TPSA) is 85.1 Å². The van der Waals surface area contributed by atoms with E-state index >= 15 is 0 Å². The molecule has 7 heteroatoms. The summed E-state index contributed by atoms with van der Waals surface area (Å²) in [5.74, 6) is 1.22. The van der Waals surface area contributed by atoms with Crippen LogP contribution in [-0.4, -0.2) is 43.0 Å². The number of hydrogen-bond donors (Lipinski definition) is 2.